The summed E-state index contributed by atoms with van der Waals surface area (Å²) in [6.45, 7) is 4.09. The Bertz CT molecular complexity index is 376. The van der Waals surface area contributed by atoms with Crippen LogP contribution in [-0.2, 0) is 0 Å². The summed E-state index contributed by atoms with van der Waals surface area (Å²) in [4.78, 5) is 0. The molecule has 1 nitrogen and oxygen atoms in total. The summed E-state index contributed by atoms with van der Waals surface area (Å²) in [7, 11) is 0. The van der Waals surface area contributed by atoms with Crippen molar-refractivity contribution in [2.75, 3.05) is 0 Å². The van der Waals surface area contributed by atoms with E-state index in [0.29, 0.717) is 12.0 Å². The number of rotatable bonds is 10. The highest BCUT2D eigenvalue weighted by Crippen LogP contribution is 2.23. The summed E-state index contributed by atoms with van der Waals surface area (Å²) in [6, 6.07) is 5.06. The molecule has 0 aliphatic rings. The molecule has 0 bridgehead atoms. The molecule has 0 saturated heterocycles. The van der Waals surface area contributed by atoms with E-state index in [1.807, 2.05) is 13.0 Å². The molecular weight excluding hydrogens is 251 g/mol. The van der Waals surface area contributed by atoms with Crippen molar-refractivity contribution in [1.29, 1.82) is 0 Å². The molecule has 114 valence electrons. The van der Waals surface area contributed by atoms with Crippen LogP contribution in [0.5, 0.6) is 0 Å². The predicted molar refractivity (Wildman–Crippen MR) is 83.3 cm³/mol. The van der Waals surface area contributed by atoms with Gasteiger partial charge >= 0.3 is 0 Å². The lowest BCUT2D eigenvalue weighted by Crippen LogP contribution is -2.01. The standard InChI is InChI=1S/C18H29FO/c1-3-4-5-6-7-8-9-10-11-18(20)16-13-12-15(2)14-17(16)19/h12-14,18,20H,3-11H2,1-2H3. The van der Waals surface area contributed by atoms with Crippen LogP contribution in [0.3, 0.4) is 0 Å². The van der Waals surface area contributed by atoms with E-state index < -0.39 is 6.10 Å². The lowest BCUT2D eigenvalue weighted by atomic mass is 10.0. The van der Waals surface area contributed by atoms with Gasteiger partial charge in [0.25, 0.3) is 0 Å². The molecule has 0 aromatic heterocycles. The average Bonchev–Trinajstić information content (AvgIpc) is 2.41. The fraction of sp³-hybridized carbons (Fsp3) is 0.667. The first-order valence-corrected chi connectivity index (χ1v) is 8.09. The minimum atomic E-state index is -0.657. The van der Waals surface area contributed by atoms with E-state index in [1.165, 1.54) is 44.6 Å². The van der Waals surface area contributed by atoms with Crippen LogP contribution < -0.4 is 0 Å². The van der Waals surface area contributed by atoms with Crippen LogP contribution in [0.2, 0.25) is 0 Å². The molecule has 0 radical (unpaired) electrons. The van der Waals surface area contributed by atoms with Crippen molar-refractivity contribution < 1.29 is 9.50 Å². The molecule has 0 aliphatic carbocycles. The third-order valence-electron chi connectivity index (χ3n) is 3.85. The maximum atomic E-state index is 13.7. The minimum Gasteiger partial charge on any atom is -0.388 e. The first kappa shape index (κ1) is 17.2. The van der Waals surface area contributed by atoms with Gasteiger partial charge < -0.3 is 5.11 Å². The van der Waals surface area contributed by atoms with Gasteiger partial charge in [0.1, 0.15) is 5.82 Å². The summed E-state index contributed by atoms with van der Waals surface area (Å²) in [5, 5.41) is 10.0. The second-order valence-electron chi connectivity index (χ2n) is 5.80. The van der Waals surface area contributed by atoms with Crippen molar-refractivity contribution >= 4 is 0 Å². The number of halogens is 1. The third kappa shape index (κ3) is 6.51. The third-order valence-corrected chi connectivity index (χ3v) is 3.85. The van der Waals surface area contributed by atoms with Gasteiger partial charge in [-0.25, -0.2) is 4.39 Å². The number of hydrogen-bond donors (Lipinski definition) is 1. The van der Waals surface area contributed by atoms with Gasteiger partial charge in [0.05, 0.1) is 6.10 Å². The second-order valence-corrected chi connectivity index (χ2v) is 5.80. The van der Waals surface area contributed by atoms with Crippen LogP contribution in [0.25, 0.3) is 0 Å². The maximum Gasteiger partial charge on any atom is 0.129 e. The zero-order chi connectivity index (χ0) is 14.8. The van der Waals surface area contributed by atoms with E-state index in [0.717, 1.165) is 18.4 Å². The highest BCUT2D eigenvalue weighted by atomic mass is 19.1. The van der Waals surface area contributed by atoms with E-state index in [2.05, 4.69) is 6.92 Å². The molecule has 1 atom stereocenters. The molecule has 1 N–H and O–H groups in total. The zero-order valence-corrected chi connectivity index (χ0v) is 13.0. The molecule has 20 heavy (non-hydrogen) atoms. The van der Waals surface area contributed by atoms with Crippen LogP contribution >= 0.6 is 0 Å². The van der Waals surface area contributed by atoms with Gasteiger partial charge in [-0.15, -0.1) is 0 Å². The number of aliphatic hydroxyl groups is 1. The Hall–Kier alpha value is -0.890. The van der Waals surface area contributed by atoms with Gasteiger partial charge in [0.2, 0.25) is 0 Å². The number of aliphatic hydroxyl groups excluding tert-OH is 1. The van der Waals surface area contributed by atoms with Crippen LogP contribution in [-0.4, -0.2) is 5.11 Å². The first-order chi connectivity index (χ1) is 9.65. The molecule has 0 spiro atoms. The Balaban J connectivity index is 2.15. The Kier molecular flexibility index (Phi) is 8.52. The number of aryl methyl sites for hydroxylation is 1. The van der Waals surface area contributed by atoms with Crippen molar-refractivity contribution in [2.24, 2.45) is 0 Å². The number of unbranched alkanes of at least 4 members (excludes halogenated alkanes) is 7. The van der Waals surface area contributed by atoms with Crippen LogP contribution in [0.1, 0.15) is 81.9 Å². The molecular formula is C18H29FO. The second kappa shape index (κ2) is 9.93. The first-order valence-electron chi connectivity index (χ1n) is 8.09. The lowest BCUT2D eigenvalue weighted by molar-refractivity contribution is 0.159. The quantitative estimate of drug-likeness (QED) is 0.545. The Labute approximate surface area is 123 Å². The topological polar surface area (TPSA) is 20.2 Å². The normalized spacial score (nSPS) is 12.6. The van der Waals surface area contributed by atoms with Crippen LogP contribution in [0, 0.1) is 12.7 Å². The molecule has 0 saturated carbocycles. The number of benzene rings is 1. The summed E-state index contributed by atoms with van der Waals surface area (Å²) < 4.78 is 13.7. The fourth-order valence-corrected chi connectivity index (χ4v) is 2.53. The van der Waals surface area contributed by atoms with E-state index >= 15 is 0 Å². The van der Waals surface area contributed by atoms with Crippen LogP contribution in [0.4, 0.5) is 4.39 Å². The average molecular weight is 280 g/mol. The Morgan fingerprint density at radius 1 is 1.00 bits per heavy atom. The van der Waals surface area contributed by atoms with Crippen LogP contribution in [0.15, 0.2) is 18.2 Å². The van der Waals surface area contributed by atoms with Gasteiger partial charge in [0, 0.05) is 5.56 Å². The molecule has 2 heteroatoms. The van der Waals surface area contributed by atoms with Crippen molar-refractivity contribution in [1.82, 2.24) is 0 Å². The monoisotopic (exact) mass is 280 g/mol. The zero-order valence-electron chi connectivity index (χ0n) is 13.0. The largest absolute Gasteiger partial charge is 0.388 e. The molecule has 0 heterocycles. The van der Waals surface area contributed by atoms with E-state index in [1.54, 1.807) is 6.07 Å². The summed E-state index contributed by atoms with van der Waals surface area (Å²) >= 11 is 0. The fourth-order valence-electron chi connectivity index (χ4n) is 2.53. The highest BCUT2D eigenvalue weighted by molar-refractivity contribution is 5.25. The van der Waals surface area contributed by atoms with E-state index in [9.17, 15) is 9.50 Å². The van der Waals surface area contributed by atoms with Gasteiger partial charge in [-0.3, -0.25) is 0 Å². The SMILES string of the molecule is CCCCCCCCCCC(O)c1ccc(C)cc1F. The number of hydrogen-bond acceptors (Lipinski definition) is 1. The van der Waals surface area contributed by atoms with Gasteiger partial charge in [-0.1, -0.05) is 70.4 Å². The molecule has 1 aromatic rings. The molecule has 1 aromatic carbocycles. The van der Waals surface area contributed by atoms with E-state index in [4.69, 9.17) is 0 Å². The molecule has 0 aliphatic heterocycles. The minimum absolute atomic E-state index is 0.280. The van der Waals surface area contributed by atoms with Crippen molar-refractivity contribution in [3.05, 3.63) is 35.1 Å². The highest BCUT2D eigenvalue weighted by Gasteiger charge is 2.12. The smallest absolute Gasteiger partial charge is 0.129 e. The van der Waals surface area contributed by atoms with Crippen molar-refractivity contribution in [3.8, 4) is 0 Å². The summed E-state index contributed by atoms with van der Waals surface area (Å²) in [5.41, 5.74) is 1.34. The molecule has 1 unspecified atom stereocenters. The molecule has 0 fully saturated rings. The Morgan fingerprint density at radius 3 is 2.20 bits per heavy atom. The van der Waals surface area contributed by atoms with Gasteiger partial charge in [0.15, 0.2) is 0 Å². The maximum absolute atomic E-state index is 13.7. The Morgan fingerprint density at radius 2 is 1.60 bits per heavy atom. The van der Waals surface area contributed by atoms with E-state index in [-0.39, 0.29) is 5.82 Å². The lowest BCUT2D eigenvalue weighted by Gasteiger charge is -2.12. The molecule has 1 rings (SSSR count). The van der Waals surface area contributed by atoms with Gasteiger partial charge in [-0.05, 0) is 25.0 Å². The predicted octanol–water partition coefficient (Wildman–Crippen LogP) is 5.70. The van der Waals surface area contributed by atoms with Crippen molar-refractivity contribution in [3.63, 3.8) is 0 Å². The summed E-state index contributed by atoms with van der Waals surface area (Å²) in [6.07, 6.45) is 9.92. The molecule has 0 amide bonds. The summed E-state index contributed by atoms with van der Waals surface area (Å²) in [5.74, 6) is -0.280. The van der Waals surface area contributed by atoms with Crippen molar-refractivity contribution in [2.45, 2.75) is 77.7 Å². The van der Waals surface area contributed by atoms with Gasteiger partial charge in [-0.2, -0.15) is 0 Å².